The number of rotatable bonds is 2. The van der Waals surface area contributed by atoms with E-state index in [2.05, 4.69) is 53.9 Å². The Bertz CT molecular complexity index is 853. The highest BCUT2D eigenvalue weighted by Crippen LogP contribution is 2.35. The van der Waals surface area contributed by atoms with E-state index in [9.17, 15) is 0 Å². The molecule has 22 heavy (non-hydrogen) atoms. The van der Waals surface area contributed by atoms with Crippen LogP contribution in [0, 0.1) is 6.92 Å². The number of hydrazine groups is 2. The first-order valence-corrected chi connectivity index (χ1v) is 7.44. The summed E-state index contributed by atoms with van der Waals surface area (Å²) in [5.41, 5.74) is 12.4. The molecular weight excluding hydrogens is 276 g/mol. The fourth-order valence-corrected chi connectivity index (χ4v) is 2.73. The Labute approximate surface area is 128 Å². The van der Waals surface area contributed by atoms with Crippen LogP contribution in [-0.2, 0) is 0 Å². The first-order valence-electron chi connectivity index (χ1n) is 7.44. The first-order chi connectivity index (χ1) is 10.6. The number of anilines is 2. The summed E-state index contributed by atoms with van der Waals surface area (Å²) in [6.07, 6.45) is 0. The van der Waals surface area contributed by atoms with Crippen molar-refractivity contribution in [3.8, 4) is 11.5 Å². The van der Waals surface area contributed by atoms with E-state index in [0.717, 1.165) is 28.0 Å². The van der Waals surface area contributed by atoms with Gasteiger partial charge in [0.15, 0.2) is 5.58 Å². The van der Waals surface area contributed by atoms with Gasteiger partial charge in [0.1, 0.15) is 5.52 Å². The summed E-state index contributed by atoms with van der Waals surface area (Å²) in [4.78, 5) is 4.59. The highest BCUT2D eigenvalue weighted by Gasteiger charge is 2.21. The van der Waals surface area contributed by atoms with E-state index in [1.165, 1.54) is 5.56 Å². The van der Waals surface area contributed by atoms with Gasteiger partial charge in [-0.2, -0.15) is 0 Å². The van der Waals surface area contributed by atoms with E-state index in [0.29, 0.717) is 11.9 Å². The molecule has 0 atom stereocenters. The molecule has 4 rings (SSSR count). The van der Waals surface area contributed by atoms with Crippen molar-refractivity contribution in [2.75, 3.05) is 10.4 Å². The van der Waals surface area contributed by atoms with Crippen molar-refractivity contribution in [3.63, 3.8) is 0 Å². The molecule has 0 aliphatic carbocycles. The second kappa shape index (κ2) is 4.74. The highest BCUT2D eigenvalue weighted by atomic mass is 16.3. The Morgan fingerprint density at radius 3 is 2.82 bits per heavy atom. The van der Waals surface area contributed by atoms with Crippen LogP contribution in [-0.4, -0.2) is 11.0 Å². The van der Waals surface area contributed by atoms with Crippen molar-refractivity contribution in [1.29, 1.82) is 0 Å². The van der Waals surface area contributed by atoms with E-state index >= 15 is 0 Å². The molecule has 1 aliphatic rings. The zero-order chi connectivity index (χ0) is 15.3. The molecular formula is C17H18N4O. The van der Waals surface area contributed by atoms with Crippen LogP contribution in [0.25, 0.3) is 22.6 Å². The molecule has 112 valence electrons. The number of hydrogen-bond acceptors (Lipinski definition) is 5. The van der Waals surface area contributed by atoms with Crippen molar-refractivity contribution in [3.05, 3.63) is 42.0 Å². The lowest BCUT2D eigenvalue weighted by molar-refractivity contribution is 0.620. The molecule has 0 fully saturated rings. The highest BCUT2D eigenvalue weighted by molar-refractivity contribution is 5.81. The average molecular weight is 294 g/mol. The number of aryl methyl sites for hydroxylation is 1. The maximum absolute atomic E-state index is 5.87. The Morgan fingerprint density at radius 1 is 1.14 bits per heavy atom. The van der Waals surface area contributed by atoms with E-state index in [1.54, 1.807) is 0 Å². The number of fused-ring (bicyclic) bond motifs is 2. The Balaban J connectivity index is 1.76. The third kappa shape index (κ3) is 2.02. The van der Waals surface area contributed by atoms with Gasteiger partial charge in [-0.05, 0) is 56.7 Å². The molecule has 0 spiro atoms. The Kier molecular flexibility index (Phi) is 2.84. The molecule has 0 saturated heterocycles. The third-order valence-corrected chi connectivity index (χ3v) is 3.87. The number of oxazole rings is 1. The summed E-state index contributed by atoms with van der Waals surface area (Å²) in [6.45, 7) is 6.33. The van der Waals surface area contributed by atoms with Gasteiger partial charge in [0.2, 0.25) is 5.89 Å². The normalized spacial score (nSPS) is 13.7. The summed E-state index contributed by atoms with van der Waals surface area (Å²) in [7, 11) is 0. The fraction of sp³-hybridized carbons (Fsp3) is 0.235. The summed E-state index contributed by atoms with van der Waals surface area (Å²) in [6, 6.07) is 12.6. The van der Waals surface area contributed by atoms with Gasteiger partial charge in [0.25, 0.3) is 0 Å². The molecule has 2 N–H and O–H groups in total. The van der Waals surface area contributed by atoms with E-state index < -0.39 is 0 Å². The molecule has 5 heteroatoms. The quantitative estimate of drug-likeness (QED) is 0.751. The summed E-state index contributed by atoms with van der Waals surface area (Å²) in [5.74, 6) is 0.646. The van der Waals surface area contributed by atoms with Crippen LogP contribution in [0.4, 0.5) is 11.4 Å². The predicted molar refractivity (Wildman–Crippen MR) is 88.6 cm³/mol. The molecule has 0 radical (unpaired) electrons. The second-order valence-corrected chi connectivity index (χ2v) is 5.92. The van der Waals surface area contributed by atoms with Crippen molar-refractivity contribution in [2.24, 2.45) is 0 Å². The zero-order valence-electron chi connectivity index (χ0n) is 12.8. The van der Waals surface area contributed by atoms with Crippen LogP contribution in [0.1, 0.15) is 19.4 Å². The Morgan fingerprint density at radius 2 is 2.00 bits per heavy atom. The van der Waals surface area contributed by atoms with Crippen LogP contribution in [0.15, 0.2) is 40.8 Å². The van der Waals surface area contributed by atoms with Gasteiger partial charge in [-0.15, -0.1) is 5.53 Å². The molecule has 0 amide bonds. The van der Waals surface area contributed by atoms with Crippen LogP contribution in [0.3, 0.4) is 0 Å². The topological polar surface area (TPSA) is 53.3 Å². The third-order valence-electron chi connectivity index (χ3n) is 3.87. The molecule has 0 saturated carbocycles. The maximum Gasteiger partial charge on any atom is 0.227 e. The minimum Gasteiger partial charge on any atom is -0.436 e. The second-order valence-electron chi connectivity index (χ2n) is 5.92. The van der Waals surface area contributed by atoms with Gasteiger partial charge in [0.05, 0.1) is 11.4 Å². The van der Waals surface area contributed by atoms with Crippen LogP contribution in [0.5, 0.6) is 0 Å². The van der Waals surface area contributed by atoms with Crippen molar-refractivity contribution >= 4 is 22.5 Å². The molecule has 2 heterocycles. The SMILES string of the molecule is Cc1ccc2oc(-c3ccc4c(c3)NNN4C(C)C)nc2c1. The molecule has 0 bridgehead atoms. The Hall–Kier alpha value is -2.53. The molecule has 1 aliphatic heterocycles. The monoisotopic (exact) mass is 294 g/mol. The van der Waals surface area contributed by atoms with Crippen LogP contribution < -0.4 is 16.0 Å². The van der Waals surface area contributed by atoms with Gasteiger partial charge >= 0.3 is 0 Å². The molecule has 0 unspecified atom stereocenters. The predicted octanol–water partition coefficient (Wildman–Crippen LogP) is 3.86. The smallest absolute Gasteiger partial charge is 0.227 e. The first kappa shape index (κ1) is 13.2. The zero-order valence-corrected chi connectivity index (χ0v) is 12.8. The summed E-state index contributed by atoms with van der Waals surface area (Å²) >= 11 is 0. The van der Waals surface area contributed by atoms with Crippen LogP contribution >= 0.6 is 0 Å². The lowest BCUT2D eigenvalue weighted by Crippen LogP contribution is -2.41. The number of nitrogens with one attached hydrogen (secondary N) is 2. The molecule has 5 nitrogen and oxygen atoms in total. The van der Waals surface area contributed by atoms with Crippen LogP contribution in [0.2, 0.25) is 0 Å². The summed E-state index contributed by atoms with van der Waals surface area (Å²) in [5, 5.41) is 2.09. The summed E-state index contributed by atoms with van der Waals surface area (Å²) < 4.78 is 5.87. The van der Waals surface area contributed by atoms with Gasteiger partial charge in [0, 0.05) is 11.6 Å². The van der Waals surface area contributed by atoms with E-state index in [4.69, 9.17) is 4.42 Å². The van der Waals surface area contributed by atoms with Crippen molar-refractivity contribution in [1.82, 2.24) is 10.5 Å². The van der Waals surface area contributed by atoms with Gasteiger partial charge < -0.3 is 9.84 Å². The van der Waals surface area contributed by atoms with Gasteiger partial charge in [-0.25, -0.2) is 4.98 Å². The fourth-order valence-electron chi connectivity index (χ4n) is 2.73. The average Bonchev–Trinajstić information content (AvgIpc) is 3.09. The largest absolute Gasteiger partial charge is 0.436 e. The number of aromatic nitrogens is 1. The van der Waals surface area contributed by atoms with E-state index in [-0.39, 0.29) is 0 Å². The number of benzene rings is 2. The van der Waals surface area contributed by atoms with Gasteiger partial charge in [-0.3, -0.25) is 5.01 Å². The number of hydrogen-bond donors (Lipinski definition) is 2. The van der Waals surface area contributed by atoms with Crippen molar-refractivity contribution < 1.29 is 4.42 Å². The lowest BCUT2D eigenvalue weighted by atomic mass is 10.1. The van der Waals surface area contributed by atoms with Gasteiger partial charge in [-0.1, -0.05) is 6.07 Å². The molecule has 1 aromatic heterocycles. The minimum atomic E-state index is 0.368. The number of nitrogens with zero attached hydrogens (tertiary/aromatic N) is 2. The molecule has 2 aromatic carbocycles. The lowest BCUT2D eigenvalue weighted by Gasteiger charge is -2.21. The maximum atomic E-state index is 5.87. The molecule has 3 aromatic rings. The van der Waals surface area contributed by atoms with E-state index in [1.807, 2.05) is 24.3 Å². The minimum absolute atomic E-state index is 0.368. The van der Waals surface area contributed by atoms with Crippen molar-refractivity contribution in [2.45, 2.75) is 26.8 Å². The standard InChI is InChI=1S/C17H18N4O/c1-10(2)21-15-6-5-12(9-13(15)19-20-21)17-18-14-8-11(3)4-7-16(14)22-17/h4-10,19-20H,1-3H3.